The molecule has 5 rings (SSSR count). The molecule has 2 aromatic rings. The molecule has 4 heterocycles. The van der Waals surface area contributed by atoms with Gasteiger partial charge in [-0.15, -0.1) is 0 Å². The number of hydrogen-bond donors (Lipinski definition) is 2. The minimum Gasteiger partial charge on any atom is -0.396 e. The quantitative estimate of drug-likeness (QED) is 0.742. The van der Waals surface area contributed by atoms with Gasteiger partial charge in [-0.05, 0) is 31.2 Å². The van der Waals surface area contributed by atoms with Crippen LogP contribution in [0.2, 0.25) is 0 Å². The molecular weight excluding hydrogens is 374 g/mol. The van der Waals surface area contributed by atoms with Crippen molar-refractivity contribution in [1.29, 1.82) is 5.26 Å². The number of carbonyl (C=O) groups is 2. The normalized spacial score (nSPS) is 35.4. The van der Waals surface area contributed by atoms with Crippen LogP contribution in [0.1, 0.15) is 25.3 Å². The molecule has 3 aliphatic heterocycles. The maximum atomic E-state index is 13.5. The van der Waals surface area contributed by atoms with Crippen LogP contribution in [-0.2, 0) is 14.3 Å². The van der Waals surface area contributed by atoms with Gasteiger partial charge in [0.05, 0.1) is 40.3 Å². The summed E-state index contributed by atoms with van der Waals surface area (Å²) in [6, 6.07) is 8.61. The van der Waals surface area contributed by atoms with Crippen molar-refractivity contribution >= 4 is 28.4 Å². The first kappa shape index (κ1) is 18.2. The smallest absolute Gasteiger partial charge is 0.240 e. The molecule has 0 aliphatic carbocycles. The van der Waals surface area contributed by atoms with Gasteiger partial charge >= 0.3 is 0 Å². The number of anilines is 1. The standard InChI is InChI=1S/C21H19N3O5/c1-20-14(26)9-21(29-20,6-8-25)16-15(20)18(27)24(19(16)28)13-5-4-11(10-22)17-12(13)3-2-7-23-17/h2-5,7,14-16,25-26H,6,8-9H2,1H3/t14-,15-,16+,20+,21?/m0/s1. The number of imide groups is 1. The summed E-state index contributed by atoms with van der Waals surface area (Å²) in [5.74, 6) is -2.43. The number of ether oxygens (including phenoxy) is 1. The lowest BCUT2D eigenvalue weighted by Gasteiger charge is -2.33. The maximum Gasteiger partial charge on any atom is 0.240 e. The first-order chi connectivity index (χ1) is 13.9. The molecule has 5 atom stereocenters. The van der Waals surface area contributed by atoms with Crippen LogP contribution in [0.5, 0.6) is 0 Å². The lowest BCUT2D eigenvalue weighted by atomic mass is 9.66. The zero-order valence-corrected chi connectivity index (χ0v) is 15.7. The van der Waals surface area contributed by atoms with E-state index in [1.54, 1.807) is 37.4 Å². The molecule has 0 spiro atoms. The third kappa shape index (κ3) is 2.10. The molecule has 2 N–H and O–H groups in total. The minimum atomic E-state index is -1.18. The zero-order valence-electron chi connectivity index (χ0n) is 15.7. The Labute approximate surface area is 166 Å². The van der Waals surface area contributed by atoms with Crippen molar-refractivity contribution in [3.8, 4) is 6.07 Å². The molecule has 29 heavy (non-hydrogen) atoms. The van der Waals surface area contributed by atoms with E-state index in [0.717, 1.165) is 4.90 Å². The fraction of sp³-hybridized carbons (Fsp3) is 0.429. The van der Waals surface area contributed by atoms with Gasteiger partial charge in [-0.25, -0.2) is 4.90 Å². The molecule has 3 aliphatic rings. The lowest BCUT2D eigenvalue weighted by molar-refractivity contribution is -0.134. The Kier molecular flexibility index (Phi) is 3.65. The summed E-state index contributed by atoms with van der Waals surface area (Å²) in [6.07, 6.45) is 1.03. The number of rotatable bonds is 3. The maximum absolute atomic E-state index is 13.5. The zero-order chi connectivity index (χ0) is 20.6. The number of benzene rings is 1. The van der Waals surface area contributed by atoms with E-state index >= 15 is 0 Å². The van der Waals surface area contributed by atoms with E-state index in [1.165, 1.54) is 0 Å². The lowest BCUT2D eigenvalue weighted by Crippen LogP contribution is -2.49. The van der Waals surface area contributed by atoms with Gasteiger partial charge in [0.25, 0.3) is 0 Å². The second-order valence-corrected chi connectivity index (χ2v) is 8.16. The van der Waals surface area contributed by atoms with Crippen LogP contribution in [0.3, 0.4) is 0 Å². The first-order valence-corrected chi connectivity index (χ1v) is 9.53. The van der Waals surface area contributed by atoms with Gasteiger partial charge < -0.3 is 14.9 Å². The van der Waals surface area contributed by atoms with Crippen LogP contribution in [-0.4, -0.2) is 50.9 Å². The number of amides is 2. The van der Waals surface area contributed by atoms with E-state index in [9.17, 15) is 25.1 Å². The highest BCUT2D eigenvalue weighted by Crippen LogP contribution is 2.62. The molecule has 3 saturated heterocycles. The summed E-state index contributed by atoms with van der Waals surface area (Å²) in [5.41, 5.74) is -1.10. The predicted molar refractivity (Wildman–Crippen MR) is 100 cm³/mol. The SMILES string of the molecule is C[C@@]12OC(CCO)(C[C@@H]1O)[C@H]1C(=O)N(c3ccc(C#N)c4ncccc34)C(=O)[C@H]12. The van der Waals surface area contributed by atoms with Crippen LogP contribution in [0.4, 0.5) is 5.69 Å². The Balaban J connectivity index is 1.68. The second-order valence-electron chi connectivity index (χ2n) is 8.16. The van der Waals surface area contributed by atoms with Gasteiger partial charge in [0.1, 0.15) is 11.7 Å². The molecule has 1 unspecified atom stereocenters. The predicted octanol–water partition coefficient (Wildman–Crippen LogP) is 0.887. The fourth-order valence-corrected chi connectivity index (χ4v) is 5.49. The first-order valence-electron chi connectivity index (χ1n) is 9.53. The number of hydrogen-bond acceptors (Lipinski definition) is 7. The molecule has 1 aromatic heterocycles. The Bertz CT molecular complexity index is 1110. The Morgan fingerprint density at radius 3 is 2.79 bits per heavy atom. The summed E-state index contributed by atoms with van der Waals surface area (Å²) < 4.78 is 6.08. The topological polar surface area (TPSA) is 124 Å². The molecule has 0 saturated carbocycles. The van der Waals surface area contributed by atoms with Crippen molar-refractivity contribution in [2.24, 2.45) is 11.8 Å². The second kappa shape index (κ2) is 5.83. The Morgan fingerprint density at radius 2 is 2.07 bits per heavy atom. The third-order valence-corrected chi connectivity index (χ3v) is 6.76. The van der Waals surface area contributed by atoms with Crippen molar-refractivity contribution < 1.29 is 24.5 Å². The molecule has 8 heteroatoms. The average molecular weight is 393 g/mol. The van der Waals surface area contributed by atoms with Crippen LogP contribution < -0.4 is 4.90 Å². The minimum absolute atomic E-state index is 0.170. The summed E-state index contributed by atoms with van der Waals surface area (Å²) in [5, 5.41) is 30.0. The number of aliphatic hydroxyl groups is 2. The number of nitriles is 1. The number of aliphatic hydroxyl groups excluding tert-OH is 2. The molecule has 3 fully saturated rings. The van der Waals surface area contributed by atoms with Gasteiger partial charge in [-0.1, -0.05) is 0 Å². The Morgan fingerprint density at radius 1 is 1.31 bits per heavy atom. The molecule has 8 nitrogen and oxygen atoms in total. The van der Waals surface area contributed by atoms with Crippen molar-refractivity contribution in [2.75, 3.05) is 11.5 Å². The largest absolute Gasteiger partial charge is 0.396 e. The highest BCUT2D eigenvalue weighted by Gasteiger charge is 2.76. The highest BCUT2D eigenvalue weighted by molar-refractivity contribution is 6.26. The van der Waals surface area contributed by atoms with E-state index in [-0.39, 0.29) is 19.4 Å². The van der Waals surface area contributed by atoms with Gasteiger partial charge in [0.15, 0.2) is 0 Å². The number of aromatic nitrogens is 1. The summed E-state index contributed by atoms with van der Waals surface area (Å²) >= 11 is 0. The number of carbonyl (C=O) groups excluding carboxylic acids is 2. The average Bonchev–Trinajstić information content (AvgIpc) is 3.23. The van der Waals surface area contributed by atoms with Crippen LogP contribution >= 0.6 is 0 Å². The molecule has 0 radical (unpaired) electrons. The van der Waals surface area contributed by atoms with E-state index < -0.39 is 41.0 Å². The van der Waals surface area contributed by atoms with Gasteiger partial charge in [-0.3, -0.25) is 14.6 Å². The number of pyridine rings is 1. The monoisotopic (exact) mass is 393 g/mol. The summed E-state index contributed by atoms with van der Waals surface area (Å²) in [7, 11) is 0. The van der Waals surface area contributed by atoms with Gasteiger partial charge in [0, 0.05) is 31.0 Å². The Hall–Kier alpha value is -2.86. The van der Waals surface area contributed by atoms with Crippen LogP contribution in [0.15, 0.2) is 30.5 Å². The van der Waals surface area contributed by atoms with E-state index in [1.807, 2.05) is 0 Å². The number of nitrogens with zero attached hydrogens (tertiary/aromatic N) is 3. The fourth-order valence-electron chi connectivity index (χ4n) is 5.49. The van der Waals surface area contributed by atoms with Crippen LogP contribution in [0, 0.1) is 23.2 Å². The van der Waals surface area contributed by atoms with Crippen molar-refractivity contribution in [1.82, 2.24) is 4.98 Å². The molecule has 2 bridgehead atoms. The third-order valence-electron chi connectivity index (χ3n) is 6.76. The summed E-state index contributed by atoms with van der Waals surface area (Å²) in [4.78, 5) is 32.3. The van der Waals surface area contributed by atoms with E-state index in [2.05, 4.69) is 11.1 Å². The van der Waals surface area contributed by atoms with E-state index in [0.29, 0.717) is 22.2 Å². The van der Waals surface area contributed by atoms with Crippen molar-refractivity contribution in [3.63, 3.8) is 0 Å². The molecule has 1 aromatic carbocycles. The van der Waals surface area contributed by atoms with Crippen molar-refractivity contribution in [3.05, 3.63) is 36.0 Å². The highest BCUT2D eigenvalue weighted by atomic mass is 16.6. The van der Waals surface area contributed by atoms with E-state index in [4.69, 9.17) is 4.74 Å². The summed E-state index contributed by atoms with van der Waals surface area (Å²) in [6.45, 7) is 1.45. The van der Waals surface area contributed by atoms with Gasteiger partial charge in [-0.2, -0.15) is 5.26 Å². The number of fused-ring (bicyclic) bond motifs is 6. The molecule has 2 amide bonds. The molecular formula is C21H19N3O5. The van der Waals surface area contributed by atoms with Gasteiger partial charge in [0.2, 0.25) is 11.8 Å². The molecule has 148 valence electrons. The van der Waals surface area contributed by atoms with Crippen LogP contribution in [0.25, 0.3) is 10.9 Å². The van der Waals surface area contributed by atoms with Crippen molar-refractivity contribution in [2.45, 2.75) is 37.1 Å².